The zero-order valence-corrected chi connectivity index (χ0v) is 15.3. The molecule has 1 aliphatic rings. The first-order valence-electron chi connectivity index (χ1n) is 8.31. The van der Waals surface area contributed by atoms with Gasteiger partial charge in [-0.05, 0) is 33.6 Å². The van der Waals surface area contributed by atoms with Crippen LogP contribution in [0, 0.1) is 0 Å². The number of hydrogen-bond acceptors (Lipinski definition) is 8. The van der Waals surface area contributed by atoms with Gasteiger partial charge in [-0.2, -0.15) is 5.21 Å². The summed E-state index contributed by atoms with van der Waals surface area (Å²) in [5.74, 6) is -0.645. The van der Waals surface area contributed by atoms with Crippen molar-refractivity contribution in [2.75, 3.05) is 13.7 Å². The second-order valence-electron chi connectivity index (χ2n) is 6.94. The summed E-state index contributed by atoms with van der Waals surface area (Å²) in [5, 5.41) is 15.9. The van der Waals surface area contributed by atoms with Crippen LogP contribution < -0.4 is 5.32 Å². The number of likely N-dealkylation sites (tertiary alicyclic amines) is 1. The first-order chi connectivity index (χ1) is 12.2. The van der Waals surface area contributed by atoms with Crippen LogP contribution in [0.4, 0.5) is 4.79 Å². The highest BCUT2D eigenvalue weighted by molar-refractivity contribution is 5.90. The molecule has 11 nitrogen and oxygen atoms in total. The van der Waals surface area contributed by atoms with Crippen molar-refractivity contribution < 1.29 is 23.9 Å². The summed E-state index contributed by atoms with van der Waals surface area (Å²) < 4.78 is 9.98. The largest absolute Gasteiger partial charge is 0.467 e. The Kier molecular flexibility index (Phi) is 6.11. The lowest BCUT2D eigenvalue weighted by Crippen LogP contribution is -2.53. The van der Waals surface area contributed by atoms with Gasteiger partial charge in [-0.3, -0.25) is 4.79 Å². The molecule has 1 aliphatic heterocycles. The normalized spacial score (nSPS) is 18.3. The number of rotatable bonds is 5. The molecule has 1 aromatic heterocycles. The predicted molar refractivity (Wildman–Crippen MR) is 87.8 cm³/mol. The molecular weight excluding hydrogens is 344 g/mol. The predicted octanol–water partition coefficient (Wildman–Crippen LogP) is -0.200. The van der Waals surface area contributed by atoms with E-state index in [1.165, 1.54) is 12.0 Å². The van der Waals surface area contributed by atoms with Crippen LogP contribution in [0.3, 0.4) is 0 Å². The number of H-pyrrole nitrogens is 1. The molecule has 2 rings (SSSR count). The van der Waals surface area contributed by atoms with Gasteiger partial charge >= 0.3 is 12.1 Å². The van der Waals surface area contributed by atoms with E-state index < -0.39 is 35.7 Å². The molecule has 0 aromatic carbocycles. The Bertz CT molecular complexity index is 641. The number of ether oxygens (including phenoxy) is 2. The third-order valence-electron chi connectivity index (χ3n) is 3.77. The Morgan fingerprint density at radius 3 is 2.69 bits per heavy atom. The first kappa shape index (κ1) is 19.6. The van der Waals surface area contributed by atoms with Gasteiger partial charge in [-0.1, -0.05) is 5.21 Å². The summed E-state index contributed by atoms with van der Waals surface area (Å²) >= 11 is 0. The molecule has 144 valence electrons. The van der Waals surface area contributed by atoms with Gasteiger partial charge in [0, 0.05) is 13.0 Å². The zero-order valence-electron chi connectivity index (χ0n) is 15.3. The Hall–Kier alpha value is -2.72. The molecule has 2 amide bonds. The fourth-order valence-electron chi connectivity index (χ4n) is 2.71. The highest BCUT2D eigenvalue weighted by Crippen LogP contribution is 2.20. The highest BCUT2D eigenvalue weighted by atomic mass is 16.6. The second-order valence-corrected chi connectivity index (χ2v) is 6.94. The Morgan fingerprint density at radius 2 is 2.12 bits per heavy atom. The molecule has 2 N–H and O–H groups in total. The van der Waals surface area contributed by atoms with E-state index in [-0.39, 0.29) is 12.2 Å². The van der Waals surface area contributed by atoms with Crippen molar-refractivity contribution in [1.29, 1.82) is 0 Å². The van der Waals surface area contributed by atoms with Crippen LogP contribution in [-0.2, 0) is 25.5 Å². The van der Waals surface area contributed by atoms with Crippen molar-refractivity contribution >= 4 is 18.0 Å². The first-order valence-corrected chi connectivity index (χ1v) is 8.31. The van der Waals surface area contributed by atoms with E-state index in [9.17, 15) is 14.4 Å². The van der Waals surface area contributed by atoms with Gasteiger partial charge in [0.2, 0.25) is 5.91 Å². The van der Waals surface area contributed by atoms with Crippen molar-refractivity contribution in [3.8, 4) is 0 Å². The molecule has 2 unspecified atom stereocenters. The number of alkyl carbamates (subject to hydrolysis) is 1. The standard InChI is InChI=1S/C15H24N6O5/c1-15(2,3)26-14(24)16-9(8-11-17-19-20-18-11)12(22)21-7-5-6-10(21)13(23)25-4/h9-10H,5-8H2,1-4H3,(H,16,24)(H,17,18,19,20). The van der Waals surface area contributed by atoms with Crippen molar-refractivity contribution in [3.05, 3.63) is 5.82 Å². The van der Waals surface area contributed by atoms with Crippen LogP contribution >= 0.6 is 0 Å². The number of nitrogens with one attached hydrogen (secondary N) is 2. The lowest BCUT2D eigenvalue weighted by atomic mass is 10.1. The van der Waals surface area contributed by atoms with Gasteiger partial charge in [0.25, 0.3) is 0 Å². The van der Waals surface area contributed by atoms with E-state index in [2.05, 4.69) is 25.9 Å². The Labute approximate surface area is 150 Å². The third-order valence-corrected chi connectivity index (χ3v) is 3.77. The minimum Gasteiger partial charge on any atom is -0.467 e. The molecule has 0 radical (unpaired) electrons. The molecule has 1 fully saturated rings. The fraction of sp³-hybridized carbons (Fsp3) is 0.733. The maximum Gasteiger partial charge on any atom is 0.408 e. The number of tetrazole rings is 1. The smallest absolute Gasteiger partial charge is 0.408 e. The summed E-state index contributed by atoms with van der Waals surface area (Å²) in [6.45, 7) is 5.56. The van der Waals surface area contributed by atoms with E-state index in [1.807, 2.05) is 0 Å². The highest BCUT2D eigenvalue weighted by Gasteiger charge is 2.39. The van der Waals surface area contributed by atoms with Gasteiger partial charge < -0.3 is 19.7 Å². The van der Waals surface area contributed by atoms with Crippen LogP contribution in [0.25, 0.3) is 0 Å². The average Bonchev–Trinajstić information content (AvgIpc) is 3.22. The van der Waals surface area contributed by atoms with Crippen LogP contribution in [0.5, 0.6) is 0 Å². The molecule has 1 saturated heterocycles. The number of aromatic nitrogens is 4. The molecule has 2 atom stereocenters. The number of amides is 2. The molecule has 0 bridgehead atoms. The zero-order chi connectivity index (χ0) is 19.3. The molecular formula is C15H24N6O5. The molecule has 2 heterocycles. The van der Waals surface area contributed by atoms with Crippen LogP contribution in [-0.4, -0.2) is 74.8 Å². The minimum absolute atomic E-state index is 0.0129. The minimum atomic E-state index is -0.993. The summed E-state index contributed by atoms with van der Waals surface area (Å²) in [6.07, 6.45) is 0.458. The summed E-state index contributed by atoms with van der Waals surface area (Å²) in [4.78, 5) is 38.4. The Balaban J connectivity index is 2.15. The second kappa shape index (κ2) is 8.11. The fourth-order valence-corrected chi connectivity index (χ4v) is 2.71. The Morgan fingerprint density at radius 1 is 1.38 bits per heavy atom. The third kappa shape index (κ3) is 5.14. The van der Waals surface area contributed by atoms with Crippen LogP contribution in [0.2, 0.25) is 0 Å². The van der Waals surface area contributed by atoms with E-state index in [0.29, 0.717) is 19.4 Å². The number of carbonyl (C=O) groups excluding carboxylic acids is 3. The van der Waals surface area contributed by atoms with E-state index >= 15 is 0 Å². The van der Waals surface area contributed by atoms with E-state index in [4.69, 9.17) is 9.47 Å². The lowest BCUT2D eigenvalue weighted by molar-refractivity contribution is -0.151. The maximum atomic E-state index is 13.0. The number of aromatic amines is 1. The number of methoxy groups -OCH3 is 1. The number of carbonyl (C=O) groups is 3. The lowest BCUT2D eigenvalue weighted by Gasteiger charge is -2.28. The van der Waals surface area contributed by atoms with Crippen molar-refractivity contribution in [2.24, 2.45) is 0 Å². The monoisotopic (exact) mass is 368 g/mol. The van der Waals surface area contributed by atoms with Gasteiger partial charge in [-0.15, -0.1) is 10.2 Å². The molecule has 1 aromatic rings. The van der Waals surface area contributed by atoms with Gasteiger partial charge in [0.05, 0.1) is 7.11 Å². The summed E-state index contributed by atoms with van der Waals surface area (Å²) in [6, 6.07) is -1.66. The maximum absolute atomic E-state index is 13.0. The van der Waals surface area contributed by atoms with Gasteiger partial charge in [0.1, 0.15) is 17.7 Å². The van der Waals surface area contributed by atoms with Crippen molar-refractivity contribution in [3.63, 3.8) is 0 Å². The number of nitrogens with zero attached hydrogens (tertiary/aromatic N) is 4. The van der Waals surface area contributed by atoms with Crippen LogP contribution in [0.15, 0.2) is 0 Å². The quantitative estimate of drug-likeness (QED) is 0.681. The SMILES string of the molecule is COC(=O)C1CCCN1C(=O)C(Cc1nn[nH]n1)NC(=O)OC(C)(C)C. The topological polar surface area (TPSA) is 139 Å². The molecule has 0 aliphatic carbocycles. The average molecular weight is 368 g/mol. The number of hydrogen-bond donors (Lipinski definition) is 2. The molecule has 11 heteroatoms. The molecule has 0 spiro atoms. The molecule has 0 saturated carbocycles. The van der Waals surface area contributed by atoms with Crippen LogP contribution in [0.1, 0.15) is 39.4 Å². The molecule has 26 heavy (non-hydrogen) atoms. The van der Waals surface area contributed by atoms with E-state index in [0.717, 1.165) is 0 Å². The number of esters is 1. The van der Waals surface area contributed by atoms with E-state index in [1.54, 1.807) is 20.8 Å². The van der Waals surface area contributed by atoms with Gasteiger partial charge in [0.15, 0.2) is 5.82 Å². The van der Waals surface area contributed by atoms with Crippen molar-refractivity contribution in [2.45, 2.75) is 57.7 Å². The van der Waals surface area contributed by atoms with Gasteiger partial charge in [-0.25, -0.2) is 9.59 Å². The van der Waals surface area contributed by atoms with Crippen molar-refractivity contribution in [1.82, 2.24) is 30.8 Å². The summed E-state index contributed by atoms with van der Waals surface area (Å²) in [5.41, 5.74) is -0.716. The summed E-state index contributed by atoms with van der Waals surface area (Å²) in [7, 11) is 1.28.